The number of hydrogen-bond acceptors (Lipinski definition) is 9. The molecule has 31 heavy (non-hydrogen) atoms. The summed E-state index contributed by atoms with van der Waals surface area (Å²) in [6, 6.07) is 13.8. The first kappa shape index (κ1) is 19.4. The molecule has 1 aliphatic rings. The fourth-order valence-electron chi connectivity index (χ4n) is 3.10. The Balaban J connectivity index is 1.17. The summed E-state index contributed by atoms with van der Waals surface area (Å²) in [5, 5.41) is 14.4. The minimum absolute atomic E-state index is 0.351. The molecule has 158 valence electrons. The number of aromatic nitrogens is 3. The van der Waals surface area contributed by atoms with Gasteiger partial charge in [-0.05, 0) is 42.8 Å². The molecule has 0 atom stereocenters. The van der Waals surface area contributed by atoms with E-state index in [2.05, 4.69) is 20.5 Å². The lowest BCUT2D eigenvalue weighted by Crippen LogP contribution is -2.15. The minimum Gasteiger partial charge on any atom is -0.487 e. The third kappa shape index (κ3) is 4.61. The Labute approximate surface area is 182 Å². The number of hydrogen-bond donors (Lipinski definition) is 1. The van der Waals surface area contributed by atoms with Gasteiger partial charge >= 0.3 is 6.01 Å². The van der Waals surface area contributed by atoms with Gasteiger partial charge in [-0.1, -0.05) is 17.2 Å². The average Bonchev–Trinajstić information content (AvgIpc) is 3.45. The van der Waals surface area contributed by atoms with E-state index >= 15 is 0 Å². The molecule has 0 spiro atoms. The summed E-state index contributed by atoms with van der Waals surface area (Å²) in [5.41, 5.74) is 2.79. The maximum atomic E-state index is 5.78. The molecule has 9 heteroatoms. The number of thiazole rings is 1. The van der Waals surface area contributed by atoms with E-state index < -0.39 is 0 Å². The second-order valence-corrected chi connectivity index (χ2v) is 7.98. The molecule has 2 aromatic carbocycles. The fourth-order valence-corrected chi connectivity index (χ4v) is 3.70. The van der Waals surface area contributed by atoms with Crippen molar-refractivity contribution in [1.82, 2.24) is 15.2 Å². The number of benzene rings is 2. The zero-order valence-corrected chi connectivity index (χ0v) is 17.6. The van der Waals surface area contributed by atoms with Crippen LogP contribution in [0.25, 0.3) is 11.5 Å². The van der Waals surface area contributed by atoms with Crippen LogP contribution < -0.4 is 19.5 Å². The first-order valence-corrected chi connectivity index (χ1v) is 10.7. The van der Waals surface area contributed by atoms with Crippen LogP contribution in [0.4, 0.5) is 6.01 Å². The van der Waals surface area contributed by atoms with Crippen LogP contribution in [0.1, 0.15) is 16.3 Å². The molecule has 8 nitrogen and oxygen atoms in total. The number of nitrogens with zero attached hydrogens (tertiary/aromatic N) is 3. The van der Waals surface area contributed by atoms with Crippen molar-refractivity contribution in [1.29, 1.82) is 0 Å². The van der Waals surface area contributed by atoms with Gasteiger partial charge in [0.1, 0.15) is 25.6 Å². The highest BCUT2D eigenvalue weighted by Crippen LogP contribution is 2.34. The van der Waals surface area contributed by atoms with E-state index in [4.69, 9.17) is 18.6 Å². The number of rotatable bonds is 7. The maximum Gasteiger partial charge on any atom is 0.316 e. The molecule has 2 aromatic heterocycles. The smallest absolute Gasteiger partial charge is 0.316 e. The number of nitrogens with one attached hydrogen (secondary N) is 1. The highest BCUT2D eigenvalue weighted by molar-refractivity contribution is 7.09. The molecule has 1 N–H and O–H groups in total. The minimum atomic E-state index is 0.351. The van der Waals surface area contributed by atoms with Crippen molar-refractivity contribution in [3.63, 3.8) is 0 Å². The lowest BCUT2D eigenvalue weighted by atomic mass is 10.2. The highest BCUT2D eigenvalue weighted by Gasteiger charge is 2.15. The molecule has 0 saturated carbocycles. The summed E-state index contributed by atoms with van der Waals surface area (Å²) in [7, 11) is 0. The van der Waals surface area contributed by atoms with Crippen LogP contribution in [0.15, 0.2) is 52.3 Å². The van der Waals surface area contributed by atoms with Crippen molar-refractivity contribution in [2.75, 3.05) is 18.5 Å². The first-order chi connectivity index (χ1) is 15.2. The quantitative estimate of drug-likeness (QED) is 0.454. The van der Waals surface area contributed by atoms with Crippen molar-refractivity contribution in [3.05, 3.63) is 64.1 Å². The van der Waals surface area contributed by atoms with E-state index in [0.717, 1.165) is 33.3 Å². The molecule has 5 rings (SSSR count). The van der Waals surface area contributed by atoms with Gasteiger partial charge in [-0.15, -0.1) is 16.4 Å². The van der Waals surface area contributed by atoms with Crippen LogP contribution in [0, 0.1) is 6.92 Å². The van der Waals surface area contributed by atoms with Gasteiger partial charge in [-0.3, -0.25) is 0 Å². The SMILES string of the molecule is Cc1nc(COc2ccc(CNc3nnc(-c4ccc5c(c4)OCCO5)o3)cc2)cs1. The van der Waals surface area contributed by atoms with Crippen molar-refractivity contribution in [2.45, 2.75) is 20.1 Å². The van der Waals surface area contributed by atoms with Gasteiger partial charge in [-0.2, -0.15) is 0 Å². The normalized spacial score (nSPS) is 12.5. The van der Waals surface area contributed by atoms with E-state index in [1.54, 1.807) is 11.3 Å². The molecule has 0 radical (unpaired) electrons. The largest absolute Gasteiger partial charge is 0.487 e. The molecule has 4 aromatic rings. The monoisotopic (exact) mass is 436 g/mol. The summed E-state index contributed by atoms with van der Waals surface area (Å²) >= 11 is 1.62. The van der Waals surface area contributed by atoms with Crippen LogP contribution in [-0.2, 0) is 13.2 Å². The first-order valence-electron chi connectivity index (χ1n) is 9.83. The van der Waals surface area contributed by atoms with E-state index in [1.165, 1.54) is 0 Å². The third-order valence-electron chi connectivity index (χ3n) is 4.63. The standard InChI is InChI=1S/C22H20N4O4S/c1-14-24-17(13-31-14)12-29-18-5-2-15(3-6-18)11-23-22-26-25-21(30-22)16-4-7-19-20(10-16)28-9-8-27-19/h2-7,10,13H,8-9,11-12H2,1H3,(H,23,26). The predicted octanol–water partition coefficient (Wildman–Crippen LogP) is 4.46. The van der Waals surface area contributed by atoms with E-state index in [-0.39, 0.29) is 0 Å². The second kappa shape index (κ2) is 8.65. The maximum absolute atomic E-state index is 5.78. The zero-order chi connectivity index (χ0) is 21.0. The summed E-state index contributed by atoms with van der Waals surface area (Å²) in [4.78, 5) is 4.40. The Morgan fingerprint density at radius 2 is 1.87 bits per heavy atom. The van der Waals surface area contributed by atoms with Gasteiger partial charge in [0.15, 0.2) is 11.5 Å². The van der Waals surface area contributed by atoms with Crippen LogP contribution >= 0.6 is 11.3 Å². The Hall–Kier alpha value is -3.59. The molecule has 0 bridgehead atoms. The van der Waals surface area contributed by atoms with Gasteiger partial charge in [0, 0.05) is 17.5 Å². The van der Waals surface area contributed by atoms with Gasteiger partial charge < -0.3 is 23.9 Å². The van der Waals surface area contributed by atoms with Gasteiger partial charge in [0.25, 0.3) is 0 Å². The molecule has 0 fully saturated rings. The topological polar surface area (TPSA) is 91.5 Å². The van der Waals surface area contributed by atoms with Gasteiger partial charge in [0.2, 0.25) is 5.89 Å². The van der Waals surface area contributed by atoms with Crippen molar-refractivity contribution < 1.29 is 18.6 Å². The lowest BCUT2D eigenvalue weighted by molar-refractivity contribution is 0.171. The predicted molar refractivity (Wildman–Crippen MR) is 116 cm³/mol. The molecule has 0 saturated heterocycles. The number of aryl methyl sites for hydroxylation is 1. The summed E-state index contributed by atoms with van der Waals surface area (Å²) in [5.74, 6) is 2.62. The van der Waals surface area contributed by atoms with Gasteiger partial charge in [0.05, 0.1) is 10.7 Å². The zero-order valence-electron chi connectivity index (χ0n) is 16.8. The Morgan fingerprint density at radius 3 is 2.68 bits per heavy atom. The van der Waals surface area contributed by atoms with Crippen LogP contribution in [0.3, 0.4) is 0 Å². The number of ether oxygens (including phenoxy) is 3. The molecular weight excluding hydrogens is 416 g/mol. The Morgan fingerprint density at radius 1 is 1.03 bits per heavy atom. The summed E-state index contributed by atoms with van der Waals surface area (Å²) < 4.78 is 22.7. The summed E-state index contributed by atoms with van der Waals surface area (Å²) in [6.45, 7) is 4.08. The molecule has 3 heterocycles. The van der Waals surface area contributed by atoms with Crippen molar-refractivity contribution in [3.8, 4) is 28.7 Å². The molecule has 0 aliphatic carbocycles. The molecule has 1 aliphatic heterocycles. The van der Waals surface area contributed by atoms with E-state index in [0.29, 0.717) is 44.0 Å². The van der Waals surface area contributed by atoms with Crippen LogP contribution in [0.5, 0.6) is 17.2 Å². The highest BCUT2D eigenvalue weighted by atomic mass is 32.1. The van der Waals surface area contributed by atoms with E-state index in [9.17, 15) is 0 Å². The number of anilines is 1. The second-order valence-electron chi connectivity index (χ2n) is 6.91. The van der Waals surface area contributed by atoms with Gasteiger partial charge in [-0.25, -0.2) is 4.98 Å². The number of fused-ring (bicyclic) bond motifs is 1. The van der Waals surface area contributed by atoms with Crippen LogP contribution in [-0.4, -0.2) is 28.4 Å². The summed E-state index contributed by atoms with van der Waals surface area (Å²) in [6.07, 6.45) is 0. The van der Waals surface area contributed by atoms with Crippen molar-refractivity contribution in [2.24, 2.45) is 0 Å². The third-order valence-corrected chi connectivity index (χ3v) is 5.46. The van der Waals surface area contributed by atoms with Crippen LogP contribution in [0.2, 0.25) is 0 Å². The van der Waals surface area contributed by atoms with E-state index in [1.807, 2.05) is 54.8 Å². The molecule has 0 unspecified atom stereocenters. The molecule has 0 amide bonds. The average molecular weight is 436 g/mol. The lowest BCUT2D eigenvalue weighted by Gasteiger charge is -2.18. The fraction of sp³-hybridized carbons (Fsp3) is 0.227. The molecular formula is C22H20N4O4S. The Bertz CT molecular complexity index is 1170. The Kier molecular flexibility index (Phi) is 5.40. The van der Waals surface area contributed by atoms with Crippen molar-refractivity contribution >= 4 is 17.4 Å².